The molecule has 1 aliphatic rings. The van der Waals surface area contributed by atoms with Gasteiger partial charge in [0.15, 0.2) is 0 Å². The van der Waals surface area contributed by atoms with Gasteiger partial charge < -0.3 is 45.0 Å². The van der Waals surface area contributed by atoms with Crippen molar-refractivity contribution in [1.29, 1.82) is 0 Å². The molecule has 15 heteroatoms. The number of amides is 4. The average molecular weight is 757 g/mol. The molecule has 3 heterocycles. The molecular formula is C40H52N8O7. The average Bonchev–Trinajstić information content (AvgIpc) is 3.97. The van der Waals surface area contributed by atoms with E-state index in [0.717, 1.165) is 54.0 Å². The number of aromatic nitrogens is 4. The van der Waals surface area contributed by atoms with E-state index in [1.807, 2.05) is 76.2 Å². The quantitative estimate of drug-likeness (QED) is 0.0838. The van der Waals surface area contributed by atoms with Crippen molar-refractivity contribution in [2.24, 2.45) is 11.8 Å². The molecule has 1 fully saturated rings. The van der Waals surface area contributed by atoms with Gasteiger partial charge in [-0.25, -0.2) is 19.6 Å². The molecule has 55 heavy (non-hydrogen) atoms. The Hall–Kier alpha value is -5.86. The van der Waals surface area contributed by atoms with Crippen LogP contribution >= 0.6 is 0 Å². The number of unbranched alkanes of at least 4 members (excludes halogenated alkanes) is 1. The molecule has 0 unspecified atom stereocenters. The van der Waals surface area contributed by atoms with Crippen LogP contribution in [-0.4, -0.2) is 88.2 Å². The number of nitrogens with zero attached hydrogens (tertiary/aromatic N) is 3. The Bertz CT molecular complexity index is 1900. The predicted octanol–water partition coefficient (Wildman–Crippen LogP) is 6.12. The molecule has 2 aromatic heterocycles. The Labute approximate surface area is 321 Å². The van der Waals surface area contributed by atoms with E-state index in [1.54, 1.807) is 17.3 Å². The number of alkyl carbamates (subject to hydrolysis) is 2. The number of carbonyl (C=O) groups is 4. The Morgan fingerprint density at radius 2 is 1.49 bits per heavy atom. The molecule has 1 saturated heterocycles. The van der Waals surface area contributed by atoms with E-state index in [0.29, 0.717) is 36.8 Å². The number of benzene rings is 2. The Balaban J connectivity index is 1.13. The van der Waals surface area contributed by atoms with Gasteiger partial charge in [-0.15, -0.1) is 0 Å². The van der Waals surface area contributed by atoms with Crippen LogP contribution in [0.4, 0.5) is 9.59 Å². The van der Waals surface area contributed by atoms with Gasteiger partial charge in [0.05, 0.1) is 44.0 Å². The molecule has 1 aliphatic heterocycles. The molecule has 3 atom stereocenters. The number of aryl methyl sites for hydroxylation is 1. The summed E-state index contributed by atoms with van der Waals surface area (Å²) in [5.41, 5.74) is 3.55. The number of aromatic amines is 2. The summed E-state index contributed by atoms with van der Waals surface area (Å²) in [4.78, 5) is 67.3. The second kappa shape index (κ2) is 18.9. The van der Waals surface area contributed by atoms with E-state index in [2.05, 4.69) is 40.6 Å². The van der Waals surface area contributed by atoms with E-state index in [-0.39, 0.29) is 29.7 Å². The number of carbonyl (C=O) groups excluding carboxylic acids is 4. The van der Waals surface area contributed by atoms with Crippen LogP contribution in [0, 0.1) is 11.8 Å². The van der Waals surface area contributed by atoms with Crippen LogP contribution in [0.1, 0.15) is 71.1 Å². The van der Waals surface area contributed by atoms with Crippen LogP contribution in [0.3, 0.4) is 0 Å². The molecule has 0 aliphatic carbocycles. The lowest BCUT2D eigenvalue weighted by Crippen LogP contribution is -2.51. The maximum Gasteiger partial charge on any atom is 0.407 e. The minimum atomic E-state index is -0.694. The number of methoxy groups -OCH3 is 2. The maximum absolute atomic E-state index is 13.5. The Morgan fingerprint density at radius 1 is 0.818 bits per heavy atom. The molecule has 4 amide bonds. The predicted molar refractivity (Wildman–Crippen MR) is 206 cm³/mol. The summed E-state index contributed by atoms with van der Waals surface area (Å²) in [6, 6.07) is 13.9. The van der Waals surface area contributed by atoms with Crippen molar-refractivity contribution in [1.82, 2.24) is 40.8 Å². The first-order valence-electron chi connectivity index (χ1n) is 18.7. The van der Waals surface area contributed by atoms with Crippen molar-refractivity contribution in [3.8, 4) is 34.0 Å². The third kappa shape index (κ3) is 10.6. The van der Waals surface area contributed by atoms with Gasteiger partial charge in [0.2, 0.25) is 11.8 Å². The maximum atomic E-state index is 13.5. The van der Waals surface area contributed by atoms with Crippen molar-refractivity contribution in [2.75, 3.05) is 27.3 Å². The monoisotopic (exact) mass is 756 g/mol. The van der Waals surface area contributed by atoms with Crippen LogP contribution in [0.15, 0.2) is 60.9 Å². The van der Waals surface area contributed by atoms with Gasteiger partial charge in [-0.3, -0.25) is 9.59 Å². The van der Waals surface area contributed by atoms with Gasteiger partial charge in [-0.1, -0.05) is 39.8 Å². The fourth-order valence-corrected chi connectivity index (χ4v) is 6.51. The van der Waals surface area contributed by atoms with Gasteiger partial charge in [-0.2, -0.15) is 0 Å². The first-order chi connectivity index (χ1) is 26.5. The van der Waals surface area contributed by atoms with Gasteiger partial charge >= 0.3 is 12.2 Å². The number of nitrogens with one attached hydrogen (secondary N) is 5. The van der Waals surface area contributed by atoms with Crippen LogP contribution in [-0.2, 0) is 25.5 Å². The van der Waals surface area contributed by atoms with E-state index < -0.39 is 24.3 Å². The highest BCUT2D eigenvalue weighted by Gasteiger charge is 2.37. The molecule has 0 radical (unpaired) electrons. The highest BCUT2D eigenvalue weighted by atomic mass is 16.5. The number of rotatable bonds is 16. The number of H-pyrrole nitrogens is 2. The van der Waals surface area contributed by atoms with Gasteiger partial charge in [0, 0.05) is 25.1 Å². The highest BCUT2D eigenvalue weighted by Crippen LogP contribution is 2.33. The van der Waals surface area contributed by atoms with Crippen LogP contribution in [0.25, 0.3) is 22.5 Å². The lowest BCUT2D eigenvalue weighted by molar-refractivity contribution is -0.135. The summed E-state index contributed by atoms with van der Waals surface area (Å²) < 4.78 is 15.6. The number of likely N-dealkylation sites (tertiary alicyclic amines) is 1. The number of imidazole rings is 2. The largest absolute Gasteiger partial charge is 0.457 e. The number of hydrogen-bond donors (Lipinski definition) is 5. The molecule has 294 valence electrons. The van der Waals surface area contributed by atoms with Crippen LogP contribution in [0.5, 0.6) is 11.5 Å². The molecular weight excluding hydrogens is 704 g/mol. The molecule has 0 saturated carbocycles. The lowest BCUT2D eigenvalue weighted by Gasteiger charge is -2.30. The topological polar surface area (TPSA) is 193 Å². The molecule has 2 aromatic carbocycles. The van der Waals surface area contributed by atoms with E-state index in [4.69, 9.17) is 9.47 Å². The molecule has 5 N–H and O–H groups in total. The minimum absolute atomic E-state index is 0.0771. The summed E-state index contributed by atoms with van der Waals surface area (Å²) in [6.45, 7) is 8.59. The minimum Gasteiger partial charge on any atom is -0.457 e. The normalized spacial score (nSPS) is 15.1. The van der Waals surface area contributed by atoms with E-state index >= 15 is 0 Å². The Kier molecular flexibility index (Phi) is 13.9. The summed E-state index contributed by atoms with van der Waals surface area (Å²) in [7, 11) is 2.55. The second-order valence-corrected chi connectivity index (χ2v) is 14.2. The van der Waals surface area contributed by atoms with Crippen LogP contribution in [0.2, 0.25) is 0 Å². The molecule has 15 nitrogen and oxygen atoms in total. The summed E-state index contributed by atoms with van der Waals surface area (Å²) in [5, 5.41) is 8.16. The van der Waals surface area contributed by atoms with Gasteiger partial charge in [0.1, 0.15) is 35.2 Å². The van der Waals surface area contributed by atoms with Crippen LogP contribution < -0.4 is 20.7 Å². The fourth-order valence-electron chi connectivity index (χ4n) is 6.51. The van der Waals surface area contributed by atoms with Crippen molar-refractivity contribution >= 4 is 24.0 Å². The third-order valence-electron chi connectivity index (χ3n) is 9.56. The number of ether oxygens (including phenoxy) is 3. The van der Waals surface area contributed by atoms with Gasteiger partial charge in [-0.05, 0) is 79.5 Å². The number of hydrogen-bond acceptors (Lipinski definition) is 9. The summed E-state index contributed by atoms with van der Waals surface area (Å²) in [6.07, 6.45) is 6.21. The second-order valence-electron chi connectivity index (χ2n) is 14.2. The highest BCUT2D eigenvalue weighted by molar-refractivity contribution is 5.87. The standard InChI is InChI=1S/C40H52N8O7/c1-24(2)34(46-39(51)53-5)37(49)41-19-8-7-14-33-42-22-31(44-33)27-11-9-12-29(21-27)55-28-17-15-26(16-18-28)30-23-43-36(45-30)32-13-10-20-48(32)38(50)35(25(3)4)47-40(52)54-6/h9,11-12,15-18,21-25,32,34-35H,7-8,10,13-14,19-20H2,1-6H3,(H,41,49)(H,42,44)(H,43,45)(H,46,51)(H,47,52)/t32-,34-,35-/m0/s1. The van der Waals surface area contributed by atoms with E-state index in [1.165, 1.54) is 14.2 Å². The van der Waals surface area contributed by atoms with Crippen molar-refractivity contribution < 1.29 is 33.4 Å². The zero-order chi connectivity index (χ0) is 39.5. The fraction of sp³-hybridized carbons (Fsp3) is 0.450. The third-order valence-corrected chi connectivity index (χ3v) is 9.56. The smallest absolute Gasteiger partial charge is 0.407 e. The molecule has 0 spiro atoms. The van der Waals surface area contributed by atoms with Gasteiger partial charge in [0.25, 0.3) is 0 Å². The summed E-state index contributed by atoms with van der Waals surface area (Å²) >= 11 is 0. The molecule has 4 aromatic rings. The van der Waals surface area contributed by atoms with Crippen molar-refractivity contribution in [2.45, 2.75) is 77.9 Å². The molecule has 5 rings (SSSR count). The Morgan fingerprint density at radius 3 is 2.18 bits per heavy atom. The summed E-state index contributed by atoms with van der Waals surface area (Å²) in [5.74, 6) is 2.33. The first-order valence-corrected chi connectivity index (χ1v) is 18.7. The first kappa shape index (κ1) is 40.3. The zero-order valence-corrected chi connectivity index (χ0v) is 32.3. The van der Waals surface area contributed by atoms with E-state index in [9.17, 15) is 19.2 Å². The molecule has 0 bridgehead atoms. The SMILES string of the molecule is COC(=O)N[C@H](C(=O)NCCCCc1ncc(-c2cccc(Oc3ccc(-c4cnc([C@@H]5CCCN5C(=O)[C@@H](NC(=O)OC)C(C)C)[nH]4)cc3)c2)[nH]1)C(C)C. The zero-order valence-electron chi connectivity index (χ0n) is 32.3. The lowest BCUT2D eigenvalue weighted by atomic mass is 10.0. The van der Waals surface area contributed by atoms with Crippen molar-refractivity contribution in [3.63, 3.8) is 0 Å². The van der Waals surface area contributed by atoms with Crippen molar-refractivity contribution in [3.05, 3.63) is 72.6 Å².